The zero-order valence-corrected chi connectivity index (χ0v) is 12.3. The maximum Gasteiger partial charge on any atom is 0.307 e. The Morgan fingerprint density at radius 1 is 1.28 bits per heavy atom. The van der Waals surface area contributed by atoms with Crippen LogP contribution in [0.2, 0.25) is 0 Å². The summed E-state index contributed by atoms with van der Waals surface area (Å²) in [6, 6.07) is 0. The fourth-order valence-electron chi connectivity index (χ4n) is 1.74. The minimum absolute atomic E-state index is 0.302. The average molecular weight is 259 g/mol. The SMILES string of the molecule is CCOCCCN(CCC(C)C)CC(C)C(=O)O. The minimum Gasteiger partial charge on any atom is -0.481 e. The second-order valence-electron chi connectivity index (χ2n) is 5.27. The van der Waals surface area contributed by atoms with E-state index in [1.54, 1.807) is 6.92 Å². The van der Waals surface area contributed by atoms with Gasteiger partial charge in [0.25, 0.3) is 0 Å². The number of carbonyl (C=O) groups is 1. The van der Waals surface area contributed by atoms with Gasteiger partial charge >= 0.3 is 5.97 Å². The molecule has 4 heteroatoms. The number of aliphatic carboxylic acids is 1. The van der Waals surface area contributed by atoms with E-state index in [4.69, 9.17) is 9.84 Å². The maximum absolute atomic E-state index is 10.9. The van der Waals surface area contributed by atoms with Crippen LogP contribution in [0.25, 0.3) is 0 Å². The van der Waals surface area contributed by atoms with E-state index in [1.165, 1.54) is 0 Å². The minimum atomic E-state index is -0.714. The van der Waals surface area contributed by atoms with Crippen LogP contribution in [0, 0.1) is 11.8 Å². The normalized spacial score (nSPS) is 13.2. The third-order valence-corrected chi connectivity index (χ3v) is 2.94. The molecule has 108 valence electrons. The highest BCUT2D eigenvalue weighted by Gasteiger charge is 2.16. The van der Waals surface area contributed by atoms with E-state index in [2.05, 4.69) is 18.7 Å². The van der Waals surface area contributed by atoms with E-state index in [-0.39, 0.29) is 5.92 Å². The Bertz CT molecular complexity index is 219. The van der Waals surface area contributed by atoms with E-state index in [0.29, 0.717) is 12.5 Å². The van der Waals surface area contributed by atoms with Crippen molar-refractivity contribution in [3.8, 4) is 0 Å². The molecule has 0 saturated carbocycles. The molecule has 1 N–H and O–H groups in total. The highest BCUT2D eigenvalue weighted by atomic mass is 16.5. The summed E-state index contributed by atoms with van der Waals surface area (Å²) >= 11 is 0. The predicted molar refractivity (Wildman–Crippen MR) is 73.8 cm³/mol. The molecule has 0 amide bonds. The molecule has 0 aliphatic rings. The molecule has 0 rings (SSSR count). The fraction of sp³-hybridized carbons (Fsp3) is 0.929. The van der Waals surface area contributed by atoms with Crippen molar-refractivity contribution in [2.45, 2.75) is 40.5 Å². The van der Waals surface area contributed by atoms with Crippen molar-refractivity contribution in [2.24, 2.45) is 11.8 Å². The highest BCUT2D eigenvalue weighted by molar-refractivity contribution is 5.69. The molecule has 0 heterocycles. The summed E-state index contributed by atoms with van der Waals surface area (Å²) in [5.74, 6) is -0.363. The van der Waals surface area contributed by atoms with Gasteiger partial charge in [-0.25, -0.2) is 0 Å². The van der Waals surface area contributed by atoms with Crippen LogP contribution in [0.4, 0.5) is 0 Å². The molecule has 0 aromatic rings. The number of hydrogen-bond acceptors (Lipinski definition) is 3. The lowest BCUT2D eigenvalue weighted by Crippen LogP contribution is -2.34. The van der Waals surface area contributed by atoms with Crippen LogP contribution < -0.4 is 0 Å². The third-order valence-electron chi connectivity index (χ3n) is 2.94. The number of hydrogen-bond donors (Lipinski definition) is 1. The summed E-state index contributed by atoms with van der Waals surface area (Å²) in [5.41, 5.74) is 0. The van der Waals surface area contributed by atoms with E-state index in [1.807, 2.05) is 6.92 Å². The van der Waals surface area contributed by atoms with E-state index in [9.17, 15) is 4.79 Å². The molecule has 0 fully saturated rings. The van der Waals surface area contributed by atoms with Crippen LogP contribution in [0.5, 0.6) is 0 Å². The molecule has 18 heavy (non-hydrogen) atoms. The van der Waals surface area contributed by atoms with Gasteiger partial charge in [-0.05, 0) is 32.2 Å². The van der Waals surface area contributed by atoms with Gasteiger partial charge < -0.3 is 14.7 Å². The smallest absolute Gasteiger partial charge is 0.307 e. The van der Waals surface area contributed by atoms with Crippen molar-refractivity contribution < 1.29 is 14.6 Å². The molecule has 4 nitrogen and oxygen atoms in total. The van der Waals surface area contributed by atoms with Gasteiger partial charge in [-0.15, -0.1) is 0 Å². The first-order valence-corrected chi connectivity index (χ1v) is 7.00. The molecule has 1 unspecified atom stereocenters. The molecule has 0 aromatic heterocycles. The number of ether oxygens (including phenoxy) is 1. The average Bonchev–Trinajstić information content (AvgIpc) is 2.30. The van der Waals surface area contributed by atoms with Gasteiger partial charge in [-0.1, -0.05) is 20.8 Å². The van der Waals surface area contributed by atoms with Gasteiger partial charge in [0.1, 0.15) is 0 Å². The van der Waals surface area contributed by atoms with E-state index in [0.717, 1.165) is 39.1 Å². The van der Waals surface area contributed by atoms with Crippen molar-refractivity contribution in [3.05, 3.63) is 0 Å². The summed E-state index contributed by atoms with van der Waals surface area (Å²) in [6.07, 6.45) is 2.08. The van der Waals surface area contributed by atoms with Crippen LogP contribution in [-0.2, 0) is 9.53 Å². The quantitative estimate of drug-likeness (QED) is 0.579. The van der Waals surface area contributed by atoms with Crippen LogP contribution >= 0.6 is 0 Å². The standard InChI is InChI=1S/C14H29NO3/c1-5-18-10-6-8-15(9-7-12(2)3)11-13(4)14(16)17/h12-13H,5-11H2,1-4H3,(H,16,17). The Balaban J connectivity index is 4.02. The number of rotatable bonds is 11. The lowest BCUT2D eigenvalue weighted by Gasteiger charge is -2.25. The largest absolute Gasteiger partial charge is 0.481 e. The predicted octanol–water partition coefficient (Wildman–Crippen LogP) is 2.48. The summed E-state index contributed by atoms with van der Waals surface area (Å²) in [4.78, 5) is 13.1. The van der Waals surface area contributed by atoms with Crippen LogP contribution in [-0.4, -0.2) is 48.8 Å². The molecule has 0 aliphatic heterocycles. The summed E-state index contributed by atoms with van der Waals surface area (Å²) < 4.78 is 5.32. The van der Waals surface area contributed by atoms with E-state index < -0.39 is 5.97 Å². The number of nitrogens with zero attached hydrogens (tertiary/aromatic N) is 1. The molecular formula is C14H29NO3. The molecule has 0 aliphatic carbocycles. The Morgan fingerprint density at radius 3 is 2.44 bits per heavy atom. The van der Waals surface area contributed by atoms with Crippen molar-refractivity contribution in [1.82, 2.24) is 4.90 Å². The molecular weight excluding hydrogens is 230 g/mol. The van der Waals surface area contributed by atoms with Crippen LogP contribution in [0.1, 0.15) is 40.5 Å². The highest BCUT2D eigenvalue weighted by Crippen LogP contribution is 2.06. The monoisotopic (exact) mass is 259 g/mol. The van der Waals surface area contributed by atoms with Crippen molar-refractivity contribution in [2.75, 3.05) is 32.8 Å². The molecule has 0 saturated heterocycles. The molecule has 1 atom stereocenters. The fourth-order valence-corrected chi connectivity index (χ4v) is 1.74. The number of carboxylic acids is 1. The van der Waals surface area contributed by atoms with Crippen LogP contribution in [0.3, 0.4) is 0 Å². The lowest BCUT2D eigenvalue weighted by atomic mass is 10.1. The second kappa shape index (κ2) is 10.3. The Labute approximate surface area is 111 Å². The summed E-state index contributed by atoms with van der Waals surface area (Å²) in [6.45, 7) is 12.2. The van der Waals surface area contributed by atoms with Crippen molar-refractivity contribution in [3.63, 3.8) is 0 Å². The first-order chi connectivity index (χ1) is 8.47. The van der Waals surface area contributed by atoms with Gasteiger partial charge in [-0.2, -0.15) is 0 Å². The van der Waals surface area contributed by atoms with Gasteiger partial charge in [0.2, 0.25) is 0 Å². The summed E-state index contributed by atoms with van der Waals surface area (Å²) in [7, 11) is 0. The molecule has 0 aromatic carbocycles. The first-order valence-electron chi connectivity index (χ1n) is 7.00. The summed E-state index contributed by atoms with van der Waals surface area (Å²) in [5, 5.41) is 8.97. The molecule has 0 spiro atoms. The van der Waals surface area contributed by atoms with Crippen molar-refractivity contribution >= 4 is 5.97 Å². The zero-order valence-electron chi connectivity index (χ0n) is 12.3. The Kier molecular flexibility index (Phi) is 9.98. The second-order valence-corrected chi connectivity index (χ2v) is 5.27. The molecule has 0 radical (unpaired) electrons. The Hall–Kier alpha value is -0.610. The first kappa shape index (κ1) is 17.4. The number of carboxylic acid groups (broad SMARTS) is 1. The topological polar surface area (TPSA) is 49.8 Å². The lowest BCUT2D eigenvalue weighted by molar-refractivity contribution is -0.141. The Morgan fingerprint density at radius 2 is 1.94 bits per heavy atom. The maximum atomic E-state index is 10.9. The zero-order chi connectivity index (χ0) is 14.0. The van der Waals surface area contributed by atoms with Crippen molar-refractivity contribution in [1.29, 1.82) is 0 Å². The van der Waals surface area contributed by atoms with E-state index >= 15 is 0 Å². The van der Waals surface area contributed by atoms with Gasteiger partial charge in [0, 0.05) is 26.3 Å². The van der Waals surface area contributed by atoms with Gasteiger partial charge in [-0.3, -0.25) is 4.79 Å². The van der Waals surface area contributed by atoms with Gasteiger partial charge in [0.05, 0.1) is 5.92 Å². The third kappa shape index (κ3) is 9.42. The molecule has 0 bridgehead atoms. The van der Waals surface area contributed by atoms with Gasteiger partial charge in [0.15, 0.2) is 0 Å². The van der Waals surface area contributed by atoms with Crippen LogP contribution in [0.15, 0.2) is 0 Å².